The molecule has 6 rings (SSSR count). The smallest absolute Gasteiger partial charge is 0.335 e. The van der Waals surface area contributed by atoms with Crippen LogP contribution in [-0.4, -0.2) is 58.2 Å². The zero-order valence-electron chi connectivity index (χ0n) is 24.1. The van der Waals surface area contributed by atoms with Crippen LogP contribution in [0, 0.1) is 13.8 Å². The second-order valence-corrected chi connectivity index (χ2v) is 12.4. The SMILES string of the molecule is Cc1nc(C)c(-c2ccc3cc(-c4c(C=CC(=O)N5CCOCC5)cc(C(=O)O)cc4C4CCCCC4)ccc3n2)s1. The molecule has 42 heavy (non-hydrogen) atoms. The van der Waals surface area contributed by atoms with Gasteiger partial charge in [-0.25, -0.2) is 14.8 Å². The molecule has 1 saturated carbocycles. The predicted molar refractivity (Wildman–Crippen MR) is 167 cm³/mol. The van der Waals surface area contributed by atoms with E-state index in [0.717, 1.165) is 80.1 Å². The zero-order valence-corrected chi connectivity index (χ0v) is 24.9. The summed E-state index contributed by atoms with van der Waals surface area (Å²) in [6, 6.07) is 14.0. The Balaban J connectivity index is 1.46. The van der Waals surface area contributed by atoms with Gasteiger partial charge in [0.15, 0.2) is 0 Å². The number of carbonyl (C=O) groups is 2. The van der Waals surface area contributed by atoms with Crippen molar-refractivity contribution < 1.29 is 19.4 Å². The summed E-state index contributed by atoms with van der Waals surface area (Å²) in [7, 11) is 0. The number of hydrogen-bond donors (Lipinski definition) is 1. The lowest BCUT2D eigenvalue weighted by molar-refractivity contribution is -0.129. The second-order valence-electron chi connectivity index (χ2n) is 11.2. The summed E-state index contributed by atoms with van der Waals surface area (Å²) in [5.41, 5.74) is 6.83. The van der Waals surface area contributed by atoms with Crippen molar-refractivity contribution in [1.29, 1.82) is 0 Å². The molecule has 3 heterocycles. The van der Waals surface area contributed by atoms with Crippen LogP contribution in [0.1, 0.15) is 70.2 Å². The van der Waals surface area contributed by atoms with Gasteiger partial charge in [0.05, 0.1) is 45.6 Å². The fourth-order valence-corrected chi connectivity index (χ4v) is 7.13. The predicted octanol–water partition coefficient (Wildman–Crippen LogP) is 7.26. The minimum atomic E-state index is -0.961. The Morgan fingerprint density at radius 1 is 1.00 bits per heavy atom. The number of morpholine rings is 1. The molecule has 216 valence electrons. The Labute approximate surface area is 249 Å². The summed E-state index contributed by atoms with van der Waals surface area (Å²) in [4.78, 5) is 37.6. The molecule has 8 heteroatoms. The van der Waals surface area contributed by atoms with Gasteiger partial charge in [0.1, 0.15) is 0 Å². The molecule has 1 aliphatic heterocycles. The highest BCUT2D eigenvalue weighted by molar-refractivity contribution is 7.15. The third-order valence-electron chi connectivity index (χ3n) is 8.33. The molecule has 7 nitrogen and oxygen atoms in total. The largest absolute Gasteiger partial charge is 0.478 e. The Morgan fingerprint density at radius 2 is 1.79 bits per heavy atom. The number of pyridine rings is 1. The molecule has 2 aliphatic rings. The summed E-state index contributed by atoms with van der Waals surface area (Å²) in [5.74, 6) is -0.784. The van der Waals surface area contributed by atoms with Gasteiger partial charge in [-0.05, 0) is 91.3 Å². The molecule has 2 aromatic carbocycles. The molecule has 1 aliphatic carbocycles. The van der Waals surface area contributed by atoms with E-state index in [4.69, 9.17) is 9.72 Å². The van der Waals surface area contributed by atoms with E-state index in [1.165, 1.54) is 6.42 Å². The number of carboxylic acid groups (broad SMARTS) is 1. The van der Waals surface area contributed by atoms with Crippen LogP contribution in [0.25, 0.3) is 38.7 Å². The molecule has 1 saturated heterocycles. The molecule has 1 amide bonds. The summed E-state index contributed by atoms with van der Waals surface area (Å²) in [5, 5.41) is 12.1. The standard InChI is InChI=1S/C34H35N3O4S/c1-21-33(42-22(2)35-21)30-12-8-24-18-25(9-11-29(24)36-30)32-26(10-13-31(38)37-14-16-41-17-15-37)19-27(34(39)40)20-28(32)23-6-4-3-5-7-23/h8-13,18-20,23H,3-7,14-17H2,1-2H3,(H,39,40). The van der Waals surface area contributed by atoms with Crippen molar-refractivity contribution in [2.45, 2.75) is 51.9 Å². The van der Waals surface area contributed by atoms with Crippen LogP contribution < -0.4 is 0 Å². The van der Waals surface area contributed by atoms with E-state index in [9.17, 15) is 14.7 Å². The first kappa shape index (κ1) is 28.2. The topological polar surface area (TPSA) is 92.6 Å². The number of carbonyl (C=O) groups excluding carboxylic acids is 1. The number of aromatic carboxylic acids is 1. The molecule has 0 unspecified atom stereocenters. The first-order chi connectivity index (χ1) is 20.4. The molecular formula is C34H35N3O4S. The normalized spacial score (nSPS) is 16.4. The number of benzene rings is 2. The Kier molecular flexibility index (Phi) is 8.18. The van der Waals surface area contributed by atoms with E-state index in [1.54, 1.807) is 34.5 Å². The number of nitrogens with zero attached hydrogens (tertiary/aromatic N) is 3. The first-order valence-corrected chi connectivity index (χ1v) is 15.5. The number of aromatic nitrogens is 2. The van der Waals surface area contributed by atoms with Crippen molar-refractivity contribution in [3.8, 4) is 21.7 Å². The number of amides is 1. The lowest BCUT2D eigenvalue weighted by atomic mass is 9.78. The Hall–Kier alpha value is -3.88. The number of carboxylic acids is 1. The summed E-state index contributed by atoms with van der Waals surface area (Å²) in [6.45, 7) is 6.19. The third-order valence-corrected chi connectivity index (χ3v) is 9.43. The van der Waals surface area contributed by atoms with Gasteiger partial charge in [-0.2, -0.15) is 0 Å². The van der Waals surface area contributed by atoms with E-state index in [1.807, 2.05) is 32.0 Å². The molecular weight excluding hydrogens is 546 g/mol. The van der Waals surface area contributed by atoms with E-state index < -0.39 is 5.97 Å². The van der Waals surface area contributed by atoms with Gasteiger partial charge in [0.25, 0.3) is 0 Å². The highest BCUT2D eigenvalue weighted by atomic mass is 32.1. The number of thiazole rings is 1. The van der Waals surface area contributed by atoms with Crippen molar-refractivity contribution in [3.63, 3.8) is 0 Å². The van der Waals surface area contributed by atoms with E-state index in [0.29, 0.717) is 26.3 Å². The lowest BCUT2D eigenvalue weighted by Gasteiger charge is -2.27. The van der Waals surface area contributed by atoms with Gasteiger partial charge in [-0.1, -0.05) is 31.4 Å². The molecule has 2 aromatic heterocycles. The quantitative estimate of drug-likeness (QED) is 0.241. The number of hydrogen-bond acceptors (Lipinski definition) is 6. The van der Waals surface area contributed by atoms with Crippen LogP contribution in [0.2, 0.25) is 0 Å². The fraction of sp³-hybridized carbons (Fsp3) is 0.353. The number of rotatable bonds is 6. The molecule has 2 fully saturated rings. The summed E-state index contributed by atoms with van der Waals surface area (Å²) >= 11 is 1.65. The van der Waals surface area contributed by atoms with E-state index in [-0.39, 0.29) is 17.4 Å². The maximum absolute atomic E-state index is 13.0. The molecule has 0 bridgehead atoms. The molecule has 4 aromatic rings. The van der Waals surface area contributed by atoms with Crippen LogP contribution >= 0.6 is 11.3 Å². The van der Waals surface area contributed by atoms with Crippen molar-refractivity contribution >= 4 is 40.2 Å². The van der Waals surface area contributed by atoms with Gasteiger partial charge in [-0.3, -0.25) is 4.79 Å². The average Bonchev–Trinajstić information content (AvgIpc) is 3.37. The molecule has 0 radical (unpaired) electrons. The lowest BCUT2D eigenvalue weighted by Crippen LogP contribution is -2.39. The molecule has 1 N–H and O–H groups in total. The number of aryl methyl sites for hydroxylation is 2. The van der Waals surface area contributed by atoms with Crippen LogP contribution in [0.15, 0.2) is 48.5 Å². The van der Waals surface area contributed by atoms with E-state index >= 15 is 0 Å². The van der Waals surface area contributed by atoms with Crippen molar-refractivity contribution in [2.24, 2.45) is 0 Å². The van der Waals surface area contributed by atoms with Crippen LogP contribution in [-0.2, 0) is 9.53 Å². The number of ether oxygens (including phenoxy) is 1. The Morgan fingerprint density at radius 3 is 2.50 bits per heavy atom. The first-order valence-electron chi connectivity index (χ1n) is 14.7. The molecule has 0 spiro atoms. The van der Waals surface area contributed by atoms with Crippen LogP contribution in [0.5, 0.6) is 0 Å². The molecule has 0 atom stereocenters. The van der Waals surface area contributed by atoms with Crippen molar-refractivity contribution in [3.05, 3.63) is 75.9 Å². The minimum Gasteiger partial charge on any atom is -0.478 e. The summed E-state index contributed by atoms with van der Waals surface area (Å²) < 4.78 is 5.40. The minimum absolute atomic E-state index is 0.0898. The Bertz CT molecular complexity index is 1680. The highest BCUT2D eigenvalue weighted by Gasteiger charge is 2.24. The van der Waals surface area contributed by atoms with Gasteiger partial charge in [0.2, 0.25) is 5.91 Å². The van der Waals surface area contributed by atoms with Crippen molar-refractivity contribution in [2.75, 3.05) is 26.3 Å². The highest BCUT2D eigenvalue weighted by Crippen LogP contribution is 2.42. The average molecular weight is 582 g/mol. The zero-order chi connectivity index (χ0) is 29.2. The van der Waals surface area contributed by atoms with Crippen LogP contribution in [0.4, 0.5) is 0 Å². The van der Waals surface area contributed by atoms with Gasteiger partial charge in [0, 0.05) is 24.6 Å². The van der Waals surface area contributed by atoms with Gasteiger partial charge < -0.3 is 14.7 Å². The van der Waals surface area contributed by atoms with E-state index in [2.05, 4.69) is 23.2 Å². The number of fused-ring (bicyclic) bond motifs is 1. The monoisotopic (exact) mass is 581 g/mol. The van der Waals surface area contributed by atoms with Crippen molar-refractivity contribution in [1.82, 2.24) is 14.9 Å². The third kappa shape index (κ3) is 5.87. The second kappa shape index (κ2) is 12.2. The van der Waals surface area contributed by atoms with Gasteiger partial charge in [-0.15, -0.1) is 11.3 Å². The van der Waals surface area contributed by atoms with Gasteiger partial charge >= 0.3 is 5.97 Å². The fourth-order valence-electron chi connectivity index (χ4n) is 6.24. The summed E-state index contributed by atoms with van der Waals surface area (Å²) in [6.07, 6.45) is 8.89. The van der Waals surface area contributed by atoms with Crippen LogP contribution in [0.3, 0.4) is 0 Å². The maximum atomic E-state index is 13.0. The maximum Gasteiger partial charge on any atom is 0.335 e.